The van der Waals surface area contributed by atoms with Crippen LogP contribution >= 0.6 is 0 Å². The molecule has 1 aromatic rings. The molecule has 0 fully saturated rings. The molecule has 4 nitrogen and oxygen atoms in total. The van der Waals surface area contributed by atoms with Gasteiger partial charge in [0.25, 0.3) is 0 Å². The van der Waals surface area contributed by atoms with E-state index in [2.05, 4.69) is 55.6 Å². The Hall–Kier alpha value is -1.34. The lowest BCUT2D eigenvalue weighted by molar-refractivity contribution is 0.206. The summed E-state index contributed by atoms with van der Waals surface area (Å²) in [6.45, 7) is 13.0. The van der Waals surface area contributed by atoms with Gasteiger partial charge >= 0.3 is 0 Å². The highest BCUT2D eigenvalue weighted by atomic mass is 15.1. The summed E-state index contributed by atoms with van der Waals surface area (Å²) in [7, 11) is 0. The number of nitrogens with one attached hydrogen (secondary N) is 1. The van der Waals surface area contributed by atoms with Gasteiger partial charge in [-0.1, -0.05) is 34.6 Å². The molecule has 0 aliphatic rings. The Morgan fingerprint density at radius 3 is 2.50 bits per heavy atom. The first-order valence-electron chi connectivity index (χ1n) is 7.31. The van der Waals surface area contributed by atoms with Gasteiger partial charge < -0.3 is 9.88 Å². The minimum Gasteiger partial charge on any atom is -0.336 e. The Morgan fingerprint density at radius 2 is 2.00 bits per heavy atom. The molecule has 1 aromatic heterocycles. The molecule has 4 heteroatoms. The van der Waals surface area contributed by atoms with Crippen LogP contribution in [0.3, 0.4) is 0 Å². The van der Waals surface area contributed by atoms with Gasteiger partial charge in [0.2, 0.25) is 0 Å². The summed E-state index contributed by atoms with van der Waals surface area (Å²) >= 11 is 0. The second-order valence-corrected chi connectivity index (χ2v) is 7.38. The topological polar surface area (TPSA) is 53.6 Å². The highest BCUT2D eigenvalue weighted by Gasteiger charge is 2.27. The van der Waals surface area contributed by atoms with Gasteiger partial charge in [-0.15, -0.1) is 0 Å². The summed E-state index contributed by atoms with van der Waals surface area (Å²) in [6.07, 6.45) is 7.23. The smallest absolute Gasteiger partial charge is 0.0946 e. The Kier molecular flexibility index (Phi) is 5.76. The maximum absolute atomic E-state index is 8.73. The summed E-state index contributed by atoms with van der Waals surface area (Å²) in [6, 6.07) is 2.61. The van der Waals surface area contributed by atoms with Crippen LogP contribution in [0, 0.1) is 22.2 Å². The first-order chi connectivity index (χ1) is 9.24. The third kappa shape index (κ3) is 5.75. The molecule has 112 valence electrons. The molecule has 0 saturated heterocycles. The molecule has 0 amide bonds. The zero-order valence-corrected chi connectivity index (χ0v) is 13.5. The quantitative estimate of drug-likeness (QED) is 0.832. The Bertz CT molecular complexity index is 420. The van der Waals surface area contributed by atoms with Gasteiger partial charge in [-0.05, 0) is 17.3 Å². The first kappa shape index (κ1) is 16.7. The van der Waals surface area contributed by atoms with Crippen LogP contribution in [0.25, 0.3) is 0 Å². The van der Waals surface area contributed by atoms with Crippen molar-refractivity contribution < 1.29 is 0 Å². The minimum absolute atomic E-state index is 0.147. The van der Waals surface area contributed by atoms with E-state index in [0.717, 1.165) is 19.5 Å². The molecule has 20 heavy (non-hydrogen) atoms. The normalized spacial score (nSPS) is 14.0. The molecule has 1 rings (SSSR count). The van der Waals surface area contributed by atoms with Crippen LogP contribution in [0.2, 0.25) is 0 Å². The molecule has 0 aliphatic carbocycles. The monoisotopic (exact) mass is 276 g/mol. The lowest BCUT2D eigenvalue weighted by atomic mass is 9.83. The summed E-state index contributed by atoms with van der Waals surface area (Å²) in [4.78, 5) is 4.11. The Labute approximate surface area is 123 Å². The van der Waals surface area contributed by atoms with Crippen molar-refractivity contribution in [1.82, 2.24) is 14.9 Å². The predicted molar refractivity (Wildman–Crippen MR) is 82.1 cm³/mol. The van der Waals surface area contributed by atoms with Crippen molar-refractivity contribution in [3.05, 3.63) is 18.7 Å². The van der Waals surface area contributed by atoms with Crippen molar-refractivity contribution in [3.8, 4) is 6.07 Å². The first-order valence-corrected chi connectivity index (χ1v) is 7.31. The molecular weight excluding hydrogens is 248 g/mol. The highest BCUT2D eigenvalue weighted by molar-refractivity contribution is 4.87. The van der Waals surface area contributed by atoms with E-state index < -0.39 is 0 Å². The number of aromatic nitrogens is 2. The van der Waals surface area contributed by atoms with E-state index >= 15 is 0 Å². The fourth-order valence-electron chi connectivity index (χ4n) is 2.13. The number of rotatable bonds is 7. The second-order valence-electron chi connectivity index (χ2n) is 7.38. The van der Waals surface area contributed by atoms with Crippen LogP contribution < -0.4 is 5.32 Å². The largest absolute Gasteiger partial charge is 0.336 e. The molecule has 0 radical (unpaired) electrons. The van der Waals surface area contributed by atoms with Gasteiger partial charge in [0.1, 0.15) is 0 Å². The molecule has 0 aliphatic heterocycles. The van der Waals surface area contributed by atoms with Gasteiger partial charge in [0.15, 0.2) is 0 Å². The SMILES string of the molecule is CC(C)(CCC#N)CNC(Cn1ccnc1)C(C)(C)C. The van der Waals surface area contributed by atoms with Crippen molar-refractivity contribution >= 4 is 0 Å². The summed E-state index contributed by atoms with van der Waals surface area (Å²) in [5.41, 5.74) is 0.323. The van der Waals surface area contributed by atoms with Crippen LogP contribution in [0.4, 0.5) is 0 Å². The summed E-state index contributed by atoms with van der Waals surface area (Å²) in [5.74, 6) is 0. The summed E-state index contributed by atoms with van der Waals surface area (Å²) < 4.78 is 2.12. The van der Waals surface area contributed by atoms with Gasteiger partial charge in [-0.25, -0.2) is 4.98 Å². The minimum atomic E-state index is 0.147. The molecular formula is C16H28N4. The molecule has 1 heterocycles. The summed E-state index contributed by atoms with van der Waals surface area (Å²) in [5, 5.41) is 12.4. The van der Waals surface area contributed by atoms with Gasteiger partial charge in [0.05, 0.1) is 12.4 Å². The van der Waals surface area contributed by atoms with E-state index in [1.54, 1.807) is 0 Å². The van der Waals surface area contributed by atoms with Crippen LogP contribution in [-0.4, -0.2) is 22.1 Å². The van der Waals surface area contributed by atoms with Crippen molar-refractivity contribution in [2.75, 3.05) is 6.54 Å². The number of hydrogen-bond acceptors (Lipinski definition) is 3. The van der Waals surface area contributed by atoms with Gasteiger partial charge in [-0.2, -0.15) is 5.26 Å². The van der Waals surface area contributed by atoms with Crippen LogP contribution in [-0.2, 0) is 6.54 Å². The van der Waals surface area contributed by atoms with E-state index in [1.165, 1.54) is 0 Å². The zero-order chi connectivity index (χ0) is 15.2. The predicted octanol–water partition coefficient (Wildman–Crippen LogP) is 3.22. The van der Waals surface area contributed by atoms with Gasteiger partial charge in [0, 0.05) is 37.9 Å². The van der Waals surface area contributed by atoms with Crippen LogP contribution in [0.1, 0.15) is 47.5 Å². The number of nitriles is 1. The highest BCUT2D eigenvalue weighted by Crippen LogP contribution is 2.25. The van der Waals surface area contributed by atoms with Crippen molar-refractivity contribution in [3.63, 3.8) is 0 Å². The van der Waals surface area contributed by atoms with Crippen molar-refractivity contribution in [2.45, 2.75) is 60.0 Å². The van der Waals surface area contributed by atoms with Crippen LogP contribution in [0.15, 0.2) is 18.7 Å². The average Bonchev–Trinajstić information content (AvgIpc) is 2.83. The Balaban J connectivity index is 2.60. The number of nitrogens with zero attached hydrogens (tertiary/aromatic N) is 3. The molecule has 0 aromatic carbocycles. The lowest BCUT2D eigenvalue weighted by Crippen LogP contribution is -2.46. The Morgan fingerprint density at radius 1 is 1.30 bits per heavy atom. The molecule has 1 N–H and O–H groups in total. The average molecular weight is 276 g/mol. The van der Waals surface area contributed by atoms with E-state index in [-0.39, 0.29) is 10.8 Å². The zero-order valence-electron chi connectivity index (χ0n) is 13.5. The number of hydrogen-bond donors (Lipinski definition) is 1. The lowest BCUT2D eigenvalue weighted by Gasteiger charge is -2.35. The van der Waals surface area contributed by atoms with E-state index in [0.29, 0.717) is 12.5 Å². The number of imidazole rings is 1. The van der Waals surface area contributed by atoms with Crippen LogP contribution in [0.5, 0.6) is 0 Å². The fourth-order valence-corrected chi connectivity index (χ4v) is 2.13. The van der Waals surface area contributed by atoms with Gasteiger partial charge in [-0.3, -0.25) is 0 Å². The molecule has 0 saturated carbocycles. The molecule has 1 unspecified atom stereocenters. The maximum Gasteiger partial charge on any atom is 0.0946 e. The second kappa shape index (κ2) is 6.90. The molecule has 0 bridgehead atoms. The molecule has 1 atom stereocenters. The third-order valence-corrected chi connectivity index (χ3v) is 3.74. The fraction of sp³-hybridized carbons (Fsp3) is 0.750. The van der Waals surface area contributed by atoms with Crippen molar-refractivity contribution in [2.24, 2.45) is 10.8 Å². The van der Waals surface area contributed by atoms with E-state index in [1.807, 2.05) is 18.7 Å². The third-order valence-electron chi connectivity index (χ3n) is 3.74. The van der Waals surface area contributed by atoms with Crippen molar-refractivity contribution in [1.29, 1.82) is 5.26 Å². The van der Waals surface area contributed by atoms with E-state index in [4.69, 9.17) is 5.26 Å². The maximum atomic E-state index is 8.73. The van der Waals surface area contributed by atoms with E-state index in [9.17, 15) is 0 Å². The standard InChI is InChI=1S/C16H28N4/c1-15(2,3)14(11-20-10-9-18-13-20)19-12-16(4,5)7-6-8-17/h9-10,13-14,19H,6-7,11-12H2,1-5H3. The molecule has 0 spiro atoms.